The lowest BCUT2D eigenvalue weighted by molar-refractivity contribution is 0.0659. The number of anilines is 2. The predicted octanol–water partition coefficient (Wildman–Crippen LogP) is 7.41. The molecule has 8 heteroatoms. The lowest BCUT2D eigenvalue weighted by Gasteiger charge is -2.35. The Labute approximate surface area is 259 Å². The normalized spacial score (nSPS) is 14.3. The van der Waals surface area contributed by atoms with Crippen LogP contribution in [-0.2, 0) is 13.0 Å². The number of carbonyl (C=O) groups is 2. The molecule has 3 aromatic carbocycles. The maximum absolute atomic E-state index is 14.9. The molecule has 0 radical (unpaired) electrons. The van der Waals surface area contributed by atoms with Gasteiger partial charge in [0.2, 0.25) is 0 Å². The van der Waals surface area contributed by atoms with Crippen LogP contribution < -0.4 is 4.90 Å². The summed E-state index contributed by atoms with van der Waals surface area (Å²) < 4.78 is 16.8. The first-order valence-electron chi connectivity index (χ1n) is 14.7. The molecule has 1 N–H and O–H groups in total. The first-order valence-corrected chi connectivity index (χ1v) is 14.7. The summed E-state index contributed by atoms with van der Waals surface area (Å²) >= 11 is 0. The molecule has 222 valence electrons. The molecule has 6 aromatic rings. The highest BCUT2D eigenvalue weighted by Crippen LogP contribution is 2.35. The van der Waals surface area contributed by atoms with Crippen LogP contribution in [0, 0.1) is 5.82 Å². The lowest BCUT2D eigenvalue weighted by Crippen LogP contribution is -2.42. The van der Waals surface area contributed by atoms with Gasteiger partial charge in [-0.05, 0) is 97.3 Å². The van der Waals surface area contributed by atoms with Crippen molar-refractivity contribution in [3.8, 4) is 17.0 Å². The number of halogens is 1. The molecule has 0 bridgehead atoms. The second-order valence-electron chi connectivity index (χ2n) is 11.2. The van der Waals surface area contributed by atoms with Crippen LogP contribution in [0.4, 0.5) is 15.8 Å². The van der Waals surface area contributed by atoms with Crippen LogP contribution in [0.2, 0.25) is 0 Å². The predicted molar refractivity (Wildman–Crippen MR) is 171 cm³/mol. The highest BCUT2D eigenvalue weighted by molar-refractivity contribution is 6.15. The number of hydrogen-bond acceptors (Lipinski definition) is 4. The lowest BCUT2D eigenvalue weighted by atomic mass is 9.93. The van der Waals surface area contributed by atoms with Crippen molar-refractivity contribution in [2.75, 3.05) is 4.90 Å². The van der Waals surface area contributed by atoms with Crippen molar-refractivity contribution in [1.29, 1.82) is 0 Å². The van der Waals surface area contributed by atoms with E-state index in [2.05, 4.69) is 11.1 Å². The summed E-state index contributed by atoms with van der Waals surface area (Å²) in [5.41, 5.74) is 5.67. The Bertz CT molecular complexity index is 2060. The fourth-order valence-corrected chi connectivity index (χ4v) is 6.15. The van der Waals surface area contributed by atoms with Crippen LogP contribution >= 0.6 is 0 Å². The van der Waals surface area contributed by atoms with E-state index in [0.29, 0.717) is 45.8 Å². The van der Waals surface area contributed by atoms with Crippen molar-refractivity contribution >= 4 is 28.7 Å². The second kappa shape index (κ2) is 11.4. The van der Waals surface area contributed by atoms with E-state index in [1.54, 1.807) is 48.9 Å². The van der Waals surface area contributed by atoms with Gasteiger partial charge >= 0.3 is 0 Å². The summed E-state index contributed by atoms with van der Waals surface area (Å²) in [5, 5.41) is 9.91. The molecule has 1 aliphatic heterocycles. The molecular formula is C37H29FN4O3. The summed E-state index contributed by atoms with van der Waals surface area (Å²) in [6, 6.07) is 29.3. The van der Waals surface area contributed by atoms with E-state index in [0.717, 1.165) is 12.0 Å². The number of hydrogen-bond donors (Lipinski definition) is 1. The molecule has 4 heterocycles. The molecule has 3 aromatic heterocycles. The number of fused-ring (bicyclic) bond motifs is 2. The number of rotatable bonds is 5. The summed E-state index contributed by atoms with van der Waals surface area (Å²) in [7, 11) is 0. The van der Waals surface area contributed by atoms with Gasteiger partial charge in [0.15, 0.2) is 0 Å². The van der Waals surface area contributed by atoms with E-state index in [4.69, 9.17) is 0 Å². The quantitative estimate of drug-likeness (QED) is 0.225. The summed E-state index contributed by atoms with van der Waals surface area (Å²) in [4.78, 5) is 36.1. The molecule has 7 nitrogen and oxygen atoms in total. The van der Waals surface area contributed by atoms with Crippen LogP contribution in [-0.4, -0.2) is 37.2 Å². The van der Waals surface area contributed by atoms with Crippen LogP contribution in [0.1, 0.15) is 38.8 Å². The maximum Gasteiger partial charge on any atom is 0.265 e. The van der Waals surface area contributed by atoms with E-state index in [-0.39, 0.29) is 23.6 Å². The molecule has 7 rings (SSSR count). The Morgan fingerprint density at radius 3 is 2.33 bits per heavy atom. The molecule has 0 aliphatic carbocycles. The minimum Gasteiger partial charge on any atom is -0.508 e. The van der Waals surface area contributed by atoms with Crippen LogP contribution in [0.5, 0.6) is 5.75 Å². The smallest absolute Gasteiger partial charge is 0.265 e. The number of phenols is 1. The maximum atomic E-state index is 14.9. The van der Waals surface area contributed by atoms with Gasteiger partial charge in [0, 0.05) is 48.0 Å². The van der Waals surface area contributed by atoms with Crippen LogP contribution in [0.3, 0.4) is 0 Å². The third-order valence-corrected chi connectivity index (χ3v) is 8.39. The molecule has 2 amide bonds. The van der Waals surface area contributed by atoms with Gasteiger partial charge < -0.3 is 14.4 Å². The number of pyridine rings is 2. The van der Waals surface area contributed by atoms with Crippen molar-refractivity contribution in [3.63, 3.8) is 0 Å². The standard InChI is InChI=1S/C37H29FN4O3/c1-24-20-25-6-2-3-7-26(25)23-41(24)36(44)31-14-9-27(38)21-32(31)35-22-33(34-8-4-5-19-40(34)35)37(45)42(29-15-17-39-18-16-29)28-10-12-30(43)13-11-28/h2-19,21-22,24,43H,20,23H2,1H3/t24-/m1/s1. The monoisotopic (exact) mass is 596 g/mol. The fourth-order valence-electron chi connectivity index (χ4n) is 6.15. The highest BCUT2D eigenvalue weighted by atomic mass is 19.1. The molecule has 0 saturated carbocycles. The van der Waals surface area contributed by atoms with Gasteiger partial charge in [0.25, 0.3) is 11.8 Å². The molecule has 0 fully saturated rings. The zero-order valence-corrected chi connectivity index (χ0v) is 24.5. The average molecular weight is 597 g/mol. The van der Waals surface area contributed by atoms with Crippen molar-refractivity contribution in [2.45, 2.75) is 25.9 Å². The van der Waals surface area contributed by atoms with Crippen LogP contribution in [0.25, 0.3) is 16.8 Å². The average Bonchev–Trinajstić information content (AvgIpc) is 3.45. The summed E-state index contributed by atoms with van der Waals surface area (Å²) in [6.45, 7) is 2.48. The zero-order valence-electron chi connectivity index (χ0n) is 24.5. The van der Waals surface area contributed by atoms with Crippen molar-refractivity contribution in [1.82, 2.24) is 14.3 Å². The van der Waals surface area contributed by atoms with E-state index < -0.39 is 5.82 Å². The van der Waals surface area contributed by atoms with Crippen LogP contribution in [0.15, 0.2) is 122 Å². The van der Waals surface area contributed by atoms with Crippen molar-refractivity contribution in [2.24, 2.45) is 0 Å². The van der Waals surface area contributed by atoms with Gasteiger partial charge in [-0.25, -0.2) is 4.39 Å². The number of carbonyl (C=O) groups excluding carboxylic acids is 2. The van der Waals surface area contributed by atoms with Gasteiger partial charge in [-0.1, -0.05) is 30.3 Å². The molecular weight excluding hydrogens is 567 g/mol. The van der Waals surface area contributed by atoms with E-state index >= 15 is 0 Å². The molecule has 1 aliphatic rings. The van der Waals surface area contributed by atoms with E-state index in [1.807, 2.05) is 52.6 Å². The summed E-state index contributed by atoms with van der Waals surface area (Å²) in [6.07, 6.45) is 5.73. The Balaban J connectivity index is 1.35. The largest absolute Gasteiger partial charge is 0.508 e. The van der Waals surface area contributed by atoms with E-state index in [9.17, 15) is 19.1 Å². The number of aromatic hydroxyl groups is 1. The third-order valence-electron chi connectivity index (χ3n) is 8.39. The Kier molecular flexibility index (Phi) is 7.10. The zero-order chi connectivity index (χ0) is 31.1. The van der Waals surface area contributed by atoms with Gasteiger partial charge in [-0.2, -0.15) is 0 Å². The summed E-state index contributed by atoms with van der Waals surface area (Å²) in [5.74, 6) is -0.951. The highest BCUT2D eigenvalue weighted by Gasteiger charge is 2.31. The topological polar surface area (TPSA) is 78.2 Å². The van der Waals surface area contributed by atoms with E-state index in [1.165, 1.54) is 40.8 Å². The first kappa shape index (κ1) is 28.0. The Morgan fingerprint density at radius 2 is 1.56 bits per heavy atom. The minimum absolute atomic E-state index is 0.0502. The van der Waals surface area contributed by atoms with Gasteiger partial charge in [0.1, 0.15) is 11.6 Å². The van der Waals surface area contributed by atoms with Gasteiger partial charge in [-0.15, -0.1) is 0 Å². The Hall–Kier alpha value is -5.76. The number of benzene rings is 3. The molecule has 0 spiro atoms. The number of amides is 2. The van der Waals surface area contributed by atoms with Gasteiger partial charge in [0.05, 0.1) is 22.5 Å². The van der Waals surface area contributed by atoms with Crippen molar-refractivity contribution < 1.29 is 19.1 Å². The second-order valence-corrected chi connectivity index (χ2v) is 11.2. The molecule has 0 unspecified atom stereocenters. The number of phenolic OH excluding ortho intramolecular Hbond substituents is 1. The third kappa shape index (κ3) is 5.10. The first-order chi connectivity index (χ1) is 21.9. The van der Waals surface area contributed by atoms with Crippen molar-refractivity contribution in [3.05, 3.63) is 150 Å². The van der Waals surface area contributed by atoms with Gasteiger partial charge in [-0.3, -0.25) is 19.5 Å². The Morgan fingerprint density at radius 1 is 0.844 bits per heavy atom. The molecule has 0 saturated heterocycles. The SMILES string of the molecule is C[C@@H]1Cc2ccccc2CN1C(=O)c1ccc(F)cc1-c1cc(C(=O)N(c2ccncc2)c2ccc(O)cc2)c2ccccn12. The number of aromatic nitrogens is 2. The molecule has 1 atom stereocenters. The number of nitrogens with zero attached hydrogens (tertiary/aromatic N) is 4. The molecule has 45 heavy (non-hydrogen) atoms. The fraction of sp³-hybridized carbons (Fsp3) is 0.108. The minimum atomic E-state index is -0.486.